The van der Waals surface area contributed by atoms with Crippen molar-refractivity contribution in [3.63, 3.8) is 0 Å². The first-order chi connectivity index (χ1) is 12.1. The Hall–Kier alpha value is -1.69. The molecule has 0 aliphatic carbocycles. The molecule has 0 bridgehead atoms. The van der Waals surface area contributed by atoms with E-state index >= 15 is 0 Å². The largest absolute Gasteiger partial charge is 0.362 e. The lowest BCUT2D eigenvalue weighted by Crippen LogP contribution is -2.34. The number of hydrogen-bond donors (Lipinski definition) is 2. The Morgan fingerprint density at radius 1 is 1.20 bits per heavy atom. The number of anilines is 1. The van der Waals surface area contributed by atoms with Crippen molar-refractivity contribution in [3.8, 4) is 0 Å². The highest BCUT2D eigenvalue weighted by molar-refractivity contribution is 7.80. The molecule has 132 valence electrons. The summed E-state index contributed by atoms with van der Waals surface area (Å²) in [5.74, 6) is -0.436. The van der Waals surface area contributed by atoms with Gasteiger partial charge in [0.1, 0.15) is 5.82 Å². The molecule has 1 heterocycles. The number of nitrogens with one attached hydrogen (secondary N) is 2. The van der Waals surface area contributed by atoms with Crippen LogP contribution in [0.3, 0.4) is 0 Å². The van der Waals surface area contributed by atoms with Gasteiger partial charge in [-0.1, -0.05) is 35.9 Å². The van der Waals surface area contributed by atoms with Gasteiger partial charge in [0.2, 0.25) is 0 Å². The van der Waals surface area contributed by atoms with E-state index in [1.54, 1.807) is 6.07 Å². The summed E-state index contributed by atoms with van der Waals surface area (Å²) >= 11 is 11.0. The van der Waals surface area contributed by atoms with Gasteiger partial charge in [-0.15, -0.1) is 0 Å². The minimum Gasteiger partial charge on any atom is -0.362 e. The van der Waals surface area contributed by atoms with E-state index in [0.717, 1.165) is 39.0 Å². The molecule has 0 aromatic heterocycles. The molecule has 2 aromatic carbocycles. The number of hydrogen-bond acceptors (Lipinski definition) is 2. The summed E-state index contributed by atoms with van der Waals surface area (Å²) in [6.45, 7) is 3.95. The predicted molar refractivity (Wildman–Crippen MR) is 106 cm³/mol. The van der Waals surface area contributed by atoms with Crippen LogP contribution < -0.4 is 10.6 Å². The van der Waals surface area contributed by atoms with Crippen molar-refractivity contribution in [2.75, 3.05) is 25.0 Å². The SMILES string of the molecule is Fc1ccc(NC(=S)NCCCN2CCc3ccccc3C2)cc1Cl. The molecule has 0 atom stereocenters. The first-order valence-corrected chi connectivity index (χ1v) is 9.19. The number of thiocarbonyl (C=S) groups is 1. The van der Waals surface area contributed by atoms with Gasteiger partial charge in [-0.25, -0.2) is 4.39 Å². The van der Waals surface area contributed by atoms with Crippen LogP contribution in [0.5, 0.6) is 0 Å². The minimum atomic E-state index is -0.436. The third-order valence-electron chi connectivity index (χ3n) is 4.32. The van der Waals surface area contributed by atoms with Crippen molar-refractivity contribution < 1.29 is 4.39 Å². The Bertz CT molecular complexity index is 753. The van der Waals surface area contributed by atoms with Gasteiger partial charge in [-0.3, -0.25) is 4.90 Å². The van der Waals surface area contributed by atoms with Crippen LogP contribution >= 0.6 is 23.8 Å². The molecule has 0 fully saturated rings. The van der Waals surface area contributed by atoms with Crippen molar-refractivity contribution in [2.24, 2.45) is 0 Å². The maximum atomic E-state index is 13.1. The zero-order valence-electron chi connectivity index (χ0n) is 13.9. The molecule has 0 radical (unpaired) electrons. The zero-order valence-corrected chi connectivity index (χ0v) is 15.5. The van der Waals surface area contributed by atoms with E-state index in [-0.39, 0.29) is 5.02 Å². The summed E-state index contributed by atoms with van der Waals surface area (Å²) in [6.07, 6.45) is 2.13. The van der Waals surface area contributed by atoms with Gasteiger partial charge >= 0.3 is 0 Å². The van der Waals surface area contributed by atoms with E-state index in [2.05, 4.69) is 39.8 Å². The smallest absolute Gasteiger partial charge is 0.170 e. The van der Waals surface area contributed by atoms with Crippen LogP contribution in [0.25, 0.3) is 0 Å². The van der Waals surface area contributed by atoms with Gasteiger partial charge in [0.25, 0.3) is 0 Å². The quantitative estimate of drug-likeness (QED) is 0.602. The fourth-order valence-corrected chi connectivity index (χ4v) is 3.40. The van der Waals surface area contributed by atoms with Gasteiger partial charge in [0.05, 0.1) is 5.02 Å². The van der Waals surface area contributed by atoms with E-state index in [1.807, 2.05) is 0 Å². The number of rotatable bonds is 5. The number of nitrogens with zero attached hydrogens (tertiary/aromatic N) is 1. The molecular formula is C19H21ClFN3S. The highest BCUT2D eigenvalue weighted by Gasteiger charge is 2.14. The molecule has 2 aromatic rings. The van der Waals surface area contributed by atoms with Crippen LogP contribution in [0, 0.1) is 5.82 Å². The zero-order chi connectivity index (χ0) is 17.6. The number of halogens is 2. The summed E-state index contributed by atoms with van der Waals surface area (Å²) < 4.78 is 13.1. The van der Waals surface area contributed by atoms with Crippen molar-refractivity contribution in [1.82, 2.24) is 10.2 Å². The first kappa shape index (κ1) is 18.1. The fraction of sp³-hybridized carbons (Fsp3) is 0.316. The Morgan fingerprint density at radius 2 is 2.00 bits per heavy atom. The average Bonchev–Trinajstić information content (AvgIpc) is 2.62. The third kappa shape index (κ3) is 5.14. The molecule has 0 saturated heterocycles. The van der Waals surface area contributed by atoms with E-state index in [4.69, 9.17) is 23.8 Å². The first-order valence-electron chi connectivity index (χ1n) is 8.41. The molecule has 2 N–H and O–H groups in total. The number of fused-ring (bicyclic) bond motifs is 1. The minimum absolute atomic E-state index is 0.0816. The summed E-state index contributed by atoms with van der Waals surface area (Å²) in [4.78, 5) is 2.47. The highest BCUT2D eigenvalue weighted by Crippen LogP contribution is 2.19. The van der Waals surface area contributed by atoms with Crippen molar-refractivity contribution in [3.05, 3.63) is 64.4 Å². The molecule has 3 rings (SSSR count). The van der Waals surface area contributed by atoms with Gasteiger partial charge < -0.3 is 10.6 Å². The molecule has 6 heteroatoms. The molecular weight excluding hydrogens is 357 g/mol. The maximum absolute atomic E-state index is 13.1. The maximum Gasteiger partial charge on any atom is 0.170 e. The Balaban J connectivity index is 1.37. The van der Waals surface area contributed by atoms with E-state index in [9.17, 15) is 4.39 Å². The van der Waals surface area contributed by atoms with Gasteiger partial charge in [0.15, 0.2) is 5.11 Å². The molecule has 0 saturated carbocycles. The van der Waals surface area contributed by atoms with Crippen LogP contribution in [0.4, 0.5) is 10.1 Å². The second-order valence-corrected chi connectivity index (χ2v) is 6.97. The molecule has 0 amide bonds. The monoisotopic (exact) mass is 377 g/mol. The van der Waals surface area contributed by atoms with Crippen LogP contribution in [-0.4, -0.2) is 29.6 Å². The standard InChI is InChI=1S/C19H21ClFN3S/c20-17-12-16(6-7-18(17)21)23-19(25)22-9-3-10-24-11-8-14-4-1-2-5-15(14)13-24/h1-2,4-7,12H,3,8-11,13H2,(H2,22,23,25). The average molecular weight is 378 g/mol. The molecule has 0 spiro atoms. The Morgan fingerprint density at radius 3 is 2.80 bits per heavy atom. The topological polar surface area (TPSA) is 27.3 Å². The third-order valence-corrected chi connectivity index (χ3v) is 4.86. The van der Waals surface area contributed by atoms with Crippen LogP contribution in [-0.2, 0) is 13.0 Å². The Kier molecular flexibility index (Phi) is 6.24. The fourth-order valence-electron chi connectivity index (χ4n) is 3.00. The summed E-state index contributed by atoms with van der Waals surface area (Å²) in [5.41, 5.74) is 3.59. The van der Waals surface area contributed by atoms with Crippen LogP contribution in [0.1, 0.15) is 17.5 Å². The summed E-state index contributed by atoms with van der Waals surface area (Å²) in [7, 11) is 0. The van der Waals surface area contributed by atoms with Crippen LogP contribution in [0.15, 0.2) is 42.5 Å². The summed E-state index contributed by atoms with van der Waals surface area (Å²) in [6, 6.07) is 13.1. The van der Waals surface area contributed by atoms with Gasteiger partial charge in [0, 0.05) is 31.9 Å². The molecule has 25 heavy (non-hydrogen) atoms. The molecule has 3 nitrogen and oxygen atoms in total. The van der Waals surface area contributed by atoms with Crippen molar-refractivity contribution in [1.29, 1.82) is 0 Å². The van der Waals surface area contributed by atoms with E-state index < -0.39 is 5.82 Å². The summed E-state index contributed by atoms with van der Waals surface area (Å²) in [5, 5.41) is 6.80. The lowest BCUT2D eigenvalue weighted by Gasteiger charge is -2.28. The van der Waals surface area contributed by atoms with Gasteiger partial charge in [-0.05, 0) is 54.4 Å². The van der Waals surface area contributed by atoms with Crippen molar-refractivity contribution >= 4 is 34.6 Å². The lowest BCUT2D eigenvalue weighted by atomic mass is 10.00. The second-order valence-electron chi connectivity index (χ2n) is 6.16. The highest BCUT2D eigenvalue weighted by atomic mass is 35.5. The van der Waals surface area contributed by atoms with Crippen LogP contribution in [0.2, 0.25) is 5.02 Å². The van der Waals surface area contributed by atoms with Crippen molar-refractivity contribution in [2.45, 2.75) is 19.4 Å². The van der Waals surface area contributed by atoms with E-state index in [1.165, 1.54) is 23.3 Å². The predicted octanol–water partition coefficient (Wildman–Crippen LogP) is 4.21. The normalized spacial score (nSPS) is 14.0. The second kappa shape index (κ2) is 8.61. The number of benzene rings is 2. The van der Waals surface area contributed by atoms with E-state index in [0.29, 0.717) is 10.8 Å². The van der Waals surface area contributed by atoms with Gasteiger partial charge in [-0.2, -0.15) is 0 Å². The Labute approximate surface area is 158 Å². The molecule has 1 aliphatic heterocycles. The lowest BCUT2D eigenvalue weighted by molar-refractivity contribution is 0.251. The molecule has 1 aliphatic rings. The molecule has 0 unspecified atom stereocenters.